The van der Waals surface area contributed by atoms with Crippen LogP contribution in [-0.2, 0) is 26.7 Å². The third-order valence-corrected chi connectivity index (χ3v) is 7.71. The van der Waals surface area contributed by atoms with E-state index in [0.717, 1.165) is 5.56 Å². The number of nitrogens with zero attached hydrogens (tertiary/aromatic N) is 2. The van der Waals surface area contributed by atoms with Crippen molar-refractivity contribution in [1.29, 1.82) is 0 Å². The molecular weight excluding hydrogens is 506 g/mol. The molecule has 2 aromatic heterocycles. The zero-order valence-electron chi connectivity index (χ0n) is 21.1. The molecule has 0 unspecified atom stereocenters. The Morgan fingerprint density at radius 1 is 1.00 bits per heavy atom. The van der Waals surface area contributed by atoms with E-state index in [0.29, 0.717) is 45.6 Å². The molecule has 196 valence electrons. The van der Waals surface area contributed by atoms with Gasteiger partial charge in [-0.25, -0.2) is 8.42 Å². The van der Waals surface area contributed by atoms with Gasteiger partial charge >= 0.3 is 5.97 Å². The summed E-state index contributed by atoms with van der Waals surface area (Å²) in [5, 5.41) is 15.0. The molecule has 2 heterocycles. The Balaban J connectivity index is 1.42. The van der Waals surface area contributed by atoms with E-state index in [1.165, 1.54) is 12.1 Å². The van der Waals surface area contributed by atoms with Gasteiger partial charge in [0.05, 0.1) is 4.90 Å². The fourth-order valence-electron chi connectivity index (χ4n) is 4.15. The minimum absolute atomic E-state index is 0.0456. The van der Waals surface area contributed by atoms with E-state index in [1.54, 1.807) is 12.1 Å². The minimum atomic E-state index is -4.11. The molecule has 0 bridgehead atoms. The van der Waals surface area contributed by atoms with E-state index < -0.39 is 22.0 Å². The summed E-state index contributed by atoms with van der Waals surface area (Å²) in [6.45, 7) is 5.94. The predicted molar refractivity (Wildman–Crippen MR) is 142 cm³/mol. The second kappa shape index (κ2) is 9.70. The summed E-state index contributed by atoms with van der Waals surface area (Å²) in [6, 6.07) is 17.9. The van der Waals surface area contributed by atoms with Crippen molar-refractivity contribution in [3.05, 3.63) is 78.2 Å². The largest absolute Gasteiger partial charge is 0.480 e. The Hall–Kier alpha value is -4.02. The third-order valence-electron chi connectivity index (χ3n) is 6.24. The molecule has 1 atom stereocenters. The molecular formula is C28H27N3O6S. The summed E-state index contributed by atoms with van der Waals surface area (Å²) in [7, 11) is -4.11. The van der Waals surface area contributed by atoms with Crippen LogP contribution in [0.3, 0.4) is 0 Å². The normalized spacial score (nSPS) is 13.2. The van der Waals surface area contributed by atoms with Gasteiger partial charge in [0, 0.05) is 21.8 Å². The number of sulfonamides is 1. The Kier molecular flexibility index (Phi) is 6.54. The lowest BCUT2D eigenvalue weighted by atomic mass is 9.97. The van der Waals surface area contributed by atoms with Crippen LogP contribution in [0.2, 0.25) is 0 Å². The molecule has 0 amide bonds. The van der Waals surface area contributed by atoms with Crippen molar-refractivity contribution in [2.75, 3.05) is 0 Å². The molecule has 5 aromatic rings. The summed E-state index contributed by atoms with van der Waals surface area (Å²) in [4.78, 5) is 16.3. The number of benzene rings is 3. The van der Waals surface area contributed by atoms with Crippen molar-refractivity contribution in [1.82, 2.24) is 14.9 Å². The average molecular weight is 534 g/mol. The predicted octanol–water partition coefficient (Wildman–Crippen LogP) is 5.30. The van der Waals surface area contributed by atoms with Crippen LogP contribution < -0.4 is 4.72 Å². The molecule has 0 saturated carbocycles. The number of carboxylic acids is 1. The second-order valence-corrected chi connectivity index (χ2v) is 11.9. The quantitative estimate of drug-likeness (QED) is 0.274. The monoisotopic (exact) mass is 533 g/mol. The van der Waals surface area contributed by atoms with Gasteiger partial charge in [0.1, 0.15) is 17.2 Å². The van der Waals surface area contributed by atoms with Crippen LogP contribution in [0.15, 0.2) is 80.6 Å². The lowest BCUT2D eigenvalue weighted by Gasteiger charge is -2.15. The molecule has 0 spiro atoms. The summed E-state index contributed by atoms with van der Waals surface area (Å²) >= 11 is 0. The maximum absolute atomic E-state index is 13.2. The van der Waals surface area contributed by atoms with Crippen LogP contribution in [0, 0.1) is 0 Å². The Labute approximate surface area is 219 Å². The van der Waals surface area contributed by atoms with Crippen LogP contribution in [0.4, 0.5) is 0 Å². The molecule has 5 rings (SSSR count). The highest BCUT2D eigenvalue weighted by Crippen LogP contribution is 2.33. The van der Waals surface area contributed by atoms with Crippen LogP contribution in [0.5, 0.6) is 0 Å². The van der Waals surface area contributed by atoms with E-state index in [2.05, 4.69) is 14.9 Å². The summed E-state index contributed by atoms with van der Waals surface area (Å²) in [5.74, 6) is -0.286. The van der Waals surface area contributed by atoms with E-state index in [-0.39, 0.29) is 16.7 Å². The van der Waals surface area contributed by atoms with Gasteiger partial charge in [-0.1, -0.05) is 62.3 Å². The SMILES string of the molecule is CC(C)(C)c1nc(-c2ccc3c(c2)oc2ccc(S(=O)(=O)N[C@H](CCc4ccccc4)C(=O)O)cc23)no1. The molecule has 2 N–H and O–H groups in total. The first-order chi connectivity index (χ1) is 18.0. The fraction of sp³-hybridized carbons (Fsp3) is 0.250. The zero-order valence-corrected chi connectivity index (χ0v) is 22.0. The third kappa shape index (κ3) is 5.18. The number of hydrogen-bond acceptors (Lipinski definition) is 7. The summed E-state index contributed by atoms with van der Waals surface area (Å²) < 4.78 is 40.0. The molecule has 0 radical (unpaired) electrons. The van der Waals surface area contributed by atoms with Gasteiger partial charge < -0.3 is 14.0 Å². The van der Waals surface area contributed by atoms with Crippen molar-refractivity contribution >= 4 is 37.9 Å². The smallest absolute Gasteiger partial charge is 0.321 e. The molecule has 0 fully saturated rings. The first-order valence-electron chi connectivity index (χ1n) is 12.1. The first-order valence-corrected chi connectivity index (χ1v) is 13.6. The van der Waals surface area contributed by atoms with E-state index >= 15 is 0 Å². The van der Waals surface area contributed by atoms with Crippen molar-refractivity contribution < 1.29 is 27.3 Å². The number of hydrogen-bond donors (Lipinski definition) is 2. The Bertz CT molecular complexity index is 1730. The lowest BCUT2D eigenvalue weighted by Crippen LogP contribution is -2.41. The topological polar surface area (TPSA) is 136 Å². The molecule has 0 aliphatic rings. The van der Waals surface area contributed by atoms with Crippen LogP contribution in [-0.4, -0.2) is 35.7 Å². The second-order valence-electron chi connectivity index (χ2n) is 10.2. The molecule has 38 heavy (non-hydrogen) atoms. The average Bonchev–Trinajstić information content (AvgIpc) is 3.51. The summed E-state index contributed by atoms with van der Waals surface area (Å²) in [6.07, 6.45) is 0.539. The first kappa shape index (κ1) is 25.6. The molecule has 0 aliphatic carbocycles. The Morgan fingerprint density at radius 3 is 2.45 bits per heavy atom. The van der Waals surface area contributed by atoms with E-state index in [1.807, 2.05) is 63.2 Å². The number of fused-ring (bicyclic) bond motifs is 3. The van der Waals surface area contributed by atoms with Crippen molar-refractivity contribution in [2.24, 2.45) is 0 Å². The highest BCUT2D eigenvalue weighted by atomic mass is 32.2. The van der Waals surface area contributed by atoms with Gasteiger partial charge in [0.2, 0.25) is 21.7 Å². The van der Waals surface area contributed by atoms with Gasteiger partial charge in [-0.2, -0.15) is 9.71 Å². The maximum atomic E-state index is 13.2. The van der Waals surface area contributed by atoms with Gasteiger partial charge in [0.15, 0.2) is 0 Å². The lowest BCUT2D eigenvalue weighted by molar-refractivity contribution is -0.139. The van der Waals surface area contributed by atoms with Crippen LogP contribution >= 0.6 is 0 Å². The zero-order chi connectivity index (χ0) is 27.1. The number of furan rings is 1. The molecule has 0 aliphatic heterocycles. The molecule has 3 aromatic carbocycles. The number of aromatic nitrogens is 2. The molecule has 9 nitrogen and oxygen atoms in total. The van der Waals surface area contributed by atoms with Crippen LogP contribution in [0.25, 0.3) is 33.3 Å². The number of nitrogens with one attached hydrogen (secondary N) is 1. The number of aliphatic carboxylic acids is 1. The number of aryl methyl sites for hydroxylation is 1. The number of carbonyl (C=O) groups is 1. The molecule has 0 saturated heterocycles. The van der Waals surface area contributed by atoms with Crippen molar-refractivity contribution in [3.8, 4) is 11.4 Å². The van der Waals surface area contributed by atoms with Gasteiger partial charge in [-0.15, -0.1) is 0 Å². The standard InChI is InChI=1S/C28H27N3O6S/c1-28(2,3)27-29-25(30-37-27)18-10-12-20-21-16-19(11-14-23(21)36-24(20)15-18)38(34,35)31-22(26(32)33)13-9-17-7-5-4-6-8-17/h4-8,10-12,14-16,22,31H,9,13H2,1-3H3,(H,32,33)/t22-/m1/s1. The fourth-order valence-corrected chi connectivity index (χ4v) is 5.40. The van der Waals surface area contributed by atoms with Crippen molar-refractivity contribution in [2.45, 2.75) is 50.0 Å². The van der Waals surface area contributed by atoms with Gasteiger partial charge in [-0.05, 0) is 48.7 Å². The number of carboxylic acid groups (broad SMARTS) is 1. The minimum Gasteiger partial charge on any atom is -0.480 e. The van der Waals surface area contributed by atoms with Crippen LogP contribution in [0.1, 0.15) is 38.6 Å². The van der Waals surface area contributed by atoms with Crippen molar-refractivity contribution in [3.63, 3.8) is 0 Å². The van der Waals surface area contributed by atoms with Gasteiger partial charge in [0.25, 0.3) is 0 Å². The number of rotatable bonds is 8. The highest BCUT2D eigenvalue weighted by molar-refractivity contribution is 7.89. The Morgan fingerprint density at radius 2 is 1.76 bits per heavy atom. The van der Waals surface area contributed by atoms with E-state index in [4.69, 9.17) is 8.94 Å². The maximum Gasteiger partial charge on any atom is 0.321 e. The van der Waals surface area contributed by atoms with E-state index in [9.17, 15) is 18.3 Å². The molecule has 10 heteroatoms. The summed E-state index contributed by atoms with van der Waals surface area (Å²) in [5.41, 5.74) is 2.38. The van der Waals surface area contributed by atoms with Gasteiger partial charge in [-0.3, -0.25) is 4.79 Å². The highest BCUT2D eigenvalue weighted by Gasteiger charge is 2.26.